The molecule has 0 unspecified atom stereocenters. The smallest absolute Gasteiger partial charge is 0.288 e. The number of nitrogen functional groups attached to an aromatic ring is 1. The molecule has 2 heterocycles. The monoisotopic (exact) mass is 307 g/mol. The lowest BCUT2D eigenvalue weighted by Gasteiger charge is -2.05. The Balaban J connectivity index is 2.09. The highest BCUT2D eigenvalue weighted by molar-refractivity contribution is 7.11. The first-order valence-electron chi connectivity index (χ1n) is 6.13. The summed E-state index contributed by atoms with van der Waals surface area (Å²) >= 11 is 1.50. The minimum atomic E-state index is -0.627. The Morgan fingerprint density at radius 2 is 2.24 bits per heavy atom. The van der Waals surface area contributed by atoms with E-state index in [-0.39, 0.29) is 23.6 Å². The third-order valence-corrected chi connectivity index (χ3v) is 3.85. The predicted octanol–water partition coefficient (Wildman–Crippen LogP) is 1.52. The Hall–Kier alpha value is -2.55. The Morgan fingerprint density at radius 3 is 2.86 bits per heavy atom. The van der Waals surface area contributed by atoms with Gasteiger partial charge in [-0.2, -0.15) is 0 Å². The molecule has 2 rings (SSSR count). The Kier molecular flexibility index (Phi) is 4.43. The highest BCUT2D eigenvalue weighted by Crippen LogP contribution is 2.17. The third kappa shape index (κ3) is 3.51. The molecular weight excluding hydrogens is 294 g/mol. The van der Waals surface area contributed by atoms with Crippen LogP contribution in [0.4, 0.5) is 11.5 Å². The summed E-state index contributed by atoms with van der Waals surface area (Å²) in [5, 5.41) is 14.1. The van der Waals surface area contributed by atoms with Gasteiger partial charge in [-0.1, -0.05) is 6.92 Å². The molecule has 1 amide bonds. The molecule has 0 saturated carbocycles. The van der Waals surface area contributed by atoms with E-state index in [9.17, 15) is 14.9 Å². The maximum absolute atomic E-state index is 12.0. The Bertz CT molecular complexity index is 685. The van der Waals surface area contributed by atoms with Gasteiger partial charge in [0.2, 0.25) is 0 Å². The van der Waals surface area contributed by atoms with Crippen molar-refractivity contribution in [1.82, 2.24) is 15.3 Å². The summed E-state index contributed by atoms with van der Waals surface area (Å²) in [6.07, 6.45) is 3.66. The largest absolute Gasteiger partial charge is 0.383 e. The van der Waals surface area contributed by atoms with Crippen LogP contribution in [0.2, 0.25) is 0 Å². The molecule has 0 aliphatic heterocycles. The summed E-state index contributed by atoms with van der Waals surface area (Å²) in [5.41, 5.74) is 5.28. The molecule has 110 valence electrons. The van der Waals surface area contributed by atoms with Crippen molar-refractivity contribution < 1.29 is 9.72 Å². The lowest BCUT2D eigenvalue weighted by molar-refractivity contribution is -0.385. The highest BCUT2D eigenvalue weighted by Gasteiger charge is 2.16. The van der Waals surface area contributed by atoms with Gasteiger partial charge in [-0.15, -0.1) is 11.3 Å². The van der Waals surface area contributed by atoms with Crippen LogP contribution in [-0.4, -0.2) is 20.8 Å². The number of amides is 1. The molecule has 2 aromatic heterocycles. The fraction of sp³-hybridized carbons (Fsp3) is 0.250. The average molecular weight is 307 g/mol. The van der Waals surface area contributed by atoms with Crippen molar-refractivity contribution in [1.29, 1.82) is 0 Å². The zero-order valence-electron chi connectivity index (χ0n) is 11.2. The van der Waals surface area contributed by atoms with Gasteiger partial charge < -0.3 is 11.1 Å². The molecular formula is C12H13N5O3S. The second kappa shape index (κ2) is 6.27. The molecule has 0 aliphatic carbocycles. The number of aromatic nitrogens is 2. The molecule has 0 atom stereocenters. The SMILES string of the molecule is CCc1cnc(CNC(=O)c2cc([N+](=O)[O-])cnc2N)s1. The molecule has 2 aromatic rings. The number of anilines is 1. The first-order valence-corrected chi connectivity index (χ1v) is 6.94. The Morgan fingerprint density at radius 1 is 1.48 bits per heavy atom. The van der Waals surface area contributed by atoms with Crippen molar-refractivity contribution in [2.24, 2.45) is 0 Å². The van der Waals surface area contributed by atoms with E-state index in [4.69, 9.17) is 5.73 Å². The number of rotatable bonds is 5. The van der Waals surface area contributed by atoms with Gasteiger partial charge in [0.05, 0.1) is 17.0 Å². The second-order valence-corrected chi connectivity index (χ2v) is 5.34. The average Bonchev–Trinajstić information content (AvgIpc) is 2.93. The van der Waals surface area contributed by atoms with Crippen molar-refractivity contribution in [2.45, 2.75) is 19.9 Å². The lowest BCUT2D eigenvalue weighted by atomic mass is 10.2. The summed E-state index contributed by atoms with van der Waals surface area (Å²) in [5.74, 6) is -0.566. The number of pyridine rings is 1. The molecule has 0 bridgehead atoms. The van der Waals surface area contributed by atoms with Gasteiger partial charge in [-0.05, 0) is 6.42 Å². The van der Waals surface area contributed by atoms with Crippen LogP contribution in [0.5, 0.6) is 0 Å². The highest BCUT2D eigenvalue weighted by atomic mass is 32.1. The minimum absolute atomic E-state index is 0.0172. The number of nitrogens with two attached hydrogens (primary N) is 1. The van der Waals surface area contributed by atoms with Crippen molar-refractivity contribution in [3.63, 3.8) is 0 Å². The number of aryl methyl sites for hydroxylation is 1. The number of hydrogen-bond acceptors (Lipinski definition) is 7. The first-order chi connectivity index (χ1) is 10.0. The number of nitrogens with zero attached hydrogens (tertiary/aromatic N) is 3. The number of nitro groups is 1. The Labute approximate surface area is 124 Å². The van der Waals surface area contributed by atoms with Gasteiger partial charge in [0.25, 0.3) is 11.6 Å². The van der Waals surface area contributed by atoms with Crippen LogP contribution in [0.1, 0.15) is 27.2 Å². The second-order valence-electron chi connectivity index (χ2n) is 4.14. The molecule has 0 spiro atoms. The summed E-state index contributed by atoms with van der Waals surface area (Å²) in [4.78, 5) is 31.0. The van der Waals surface area contributed by atoms with Crippen molar-refractivity contribution in [3.05, 3.63) is 44.0 Å². The molecule has 3 N–H and O–H groups in total. The van der Waals surface area contributed by atoms with Gasteiger partial charge in [-0.3, -0.25) is 14.9 Å². The van der Waals surface area contributed by atoms with Crippen LogP contribution in [0.3, 0.4) is 0 Å². The normalized spacial score (nSPS) is 10.3. The number of thiazole rings is 1. The topological polar surface area (TPSA) is 124 Å². The molecule has 9 heteroatoms. The fourth-order valence-electron chi connectivity index (χ4n) is 1.59. The molecule has 0 saturated heterocycles. The summed E-state index contributed by atoms with van der Waals surface area (Å²) in [6, 6.07) is 1.11. The molecule has 21 heavy (non-hydrogen) atoms. The minimum Gasteiger partial charge on any atom is -0.383 e. The summed E-state index contributed by atoms with van der Waals surface area (Å²) in [7, 11) is 0. The van der Waals surface area contributed by atoms with Gasteiger partial charge in [0, 0.05) is 17.1 Å². The van der Waals surface area contributed by atoms with E-state index in [1.807, 2.05) is 6.92 Å². The quantitative estimate of drug-likeness (QED) is 0.637. The van der Waals surface area contributed by atoms with E-state index in [1.165, 1.54) is 11.3 Å². The van der Waals surface area contributed by atoms with Gasteiger partial charge in [0.15, 0.2) is 0 Å². The lowest BCUT2D eigenvalue weighted by Crippen LogP contribution is -2.24. The molecule has 0 aromatic carbocycles. The van der Waals surface area contributed by atoms with Crippen LogP contribution in [0.25, 0.3) is 0 Å². The van der Waals surface area contributed by atoms with Crippen molar-refractivity contribution in [3.8, 4) is 0 Å². The van der Waals surface area contributed by atoms with Crippen molar-refractivity contribution >= 4 is 28.7 Å². The molecule has 0 aliphatic rings. The van der Waals surface area contributed by atoms with Gasteiger partial charge in [-0.25, -0.2) is 9.97 Å². The molecule has 8 nitrogen and oxygen atoms in total. The summed E-state index contributed by atoms with van der Waals surface area (Å²) in [6.45, 7) is 2.26. The zero-order chi connectivity index (χ0) is 15.4. The van der Waals surface area contributed by atoms with Crippen LogP contribution in [0.15, 0.2) is 18.5 Å². The van der Waals surface area contributed by atoms with Gasteiger partial charge >= 0.3 is 0 Å². The van der Waals surface area contributed by atoms with Gasteiger partial charge in [0.1, 0.15) is 17.0 Å². The van der Waals surface area contributed by atoms with E-state index < -0.39 is 10.8 Å². The number of hydrogen-bond donors (Lipinski definition) is 2. The van der Waals surface area contributed by atoms with Crippen LogP contribution >= 0.6 is 11.3 Å². The first kappa shape index (κ1) is 14.9. The number of carbonyl (C=O) groups is 1. The van der Waals surface area contributed by atoms with E-state index in [0.29, 0.717) is 0 Å². The van der Waals surface area contributed by atoms with E-state index in [0.717, 1.165) is 28.6 Å². The molecule has 0 fully saturated rings. The van der Waals surface area contributed by atoms with Crippen LogP contribution in [-0.2, 0) is 13.0 Å². The zero-order valence-corrected chi connectivity index (χ0v) is 12.0. The number of carbonyl (C=O) groups excluding carboxylic acids is 1. The van der Waals surface area contributed by atoms with Crippen LogP contribution < -0.4 is 11.1 Å². The standard InChI is InChI=1S/C12H13N5O3S/c1-2-8-5-14-10(21-8)6-16-12(18)9-3-7(17(19)20)4-15-11(9)13/h3-5H,2,6H2,1H3,(H2,13,15)(H,16,18). The summed E-state index contributed by atoms with van der Waals surface area (Å²) < 4.78 is 0. The maximum Gasteiger partial charge on any atom is 0.288 e. The van der Waals surface area contributed by atoms with E-state index in [1.54, 1.807) is 6.20 Å². The fourth-order valence-corrected chi connectivity index (χ4v) is 2.39. The van der Waals surface area contributed by atoms with E-state index >= 15 is 0 Å². The predicted molar refractivity (Wildman–Crippen MR) is 78.0 cm³/mol. The third-order valence-electron chi connectivity index (χ3n) is 2.71. The number of nitrogens with one attached hydrogen (secondary N) is 1. The van der Waals surface area contributed by atoms with Crippen molar-refractivity contribution in [2.75, 3.05) is 5.73 Å². The van der Waals surface area contributed by atoms with E-state index in [2.05, 4.69) is 15.3 Å². The maximum atomic E-state index is 12.0. The molecule has 0 radical (unpaired) electrons. The van der Waals surface area contributed by atoms with Crippen LogP contribution in [0, 0.1) is 10.1 Å².